The summed E-state index contributed by atoms with van der Waals surface area (Å²) in [5, 5.41) is 13.8. The smallest absolute Gasteiger partial charge is 0.268 e. The molecule has 2 N–H and O–H groups in total. The van der Waals surface area contributed by atoms with E-state index in [4.69, 9.17) is 9.05 Å². The van der Waals surface area contributed by atoms with Crippen LogP contribution in [0.2, 0.25) is 0 Å². The Morgan fingerprint density at radius 3 is 1.25 bits per heavy atom. The summed E-state index contributed by atoms with van der Waals surface area (Å²) in [7, 11) is 1.27. The second-order valence-electron chi connectivity index (χ2n) is 19.2. The van der Waals surface area contributed by atoms with Crippen LogP contribution in [0.4, 0.5) is 0 Å². The van der Waals surface area contributed by atoms with E-state index in [1.807, 2.05) is 27.2 Å². The van der Waals surface area contributed by atoms with Crippen molar-refractivity contribution >= 4 is 13.7 Å². The summed E-state index contributed by atoms with van der Waals surface area (Å²) in [5.41, 5.74) is 0. The first kappa shape index (κ1) is 59.2. The number of aliphatic hydroxyl groups is 1. The van der Waals surface area contributed by atoms with Crippen LogP contribution < -0.4 is 10.2 Å². The molecule has 60 heavy (non-hydrogen) atoms. The van der Waals surface area contributed by atoms with Crippen LogP contribution in [-0.2, 0) is 18.4 Å². The molecule has 358 valence electrons. The zero-order valence-corrected chi connectivity index (χ0v) is 41.6. The van der Waals surface area contributed by atoms with Gasteiger partial charge in [-0.25, -0.2) is 0 Å². The minimum absolute atomic E-state index is 0.00200. The normalized spacial score (nSPS) is 14.2. The van der Waals surface area contributed by atoms with Gasteiger partial charge in [-0.05, 0) is 19.3 Å². The van der Waals surface area contributed by atoms with Gasteiger partial charge in [0.05, 0.1) is 39.9 Å². The molecule has 0 spiro atoms. The highest BCUT2D eigenvalue weighted by atomic mass is 31.2. The van der Waals surface area contributed by atoms with Crippen LogP contribution in [0.1, 0.15) is 258 Å². The molecule has 3 unspecified atom stereocenters. The number of unbranched alkanes of at least 4 members (excludes halogenated alkanes) is 35. The minimum Gasteiger partial charge on any atom is -0.756 e. The summed E-state index contributed by atoms with van der Waals surface area (Å²) in [4.78, 5) is 25.2. The van der Waals surface area contributed by atoms with Gasteiger partial charge in [-0.15, -0.1) is 0 Å². The lowest BCUT2D eigenvalue weighted by Gasteiger charge is -2.29. The van der Waals surface area contributed by atoms with Crippen LogP contribution in [0, 0.1) is 0 Å². The second kappa shape index (κ2) is 43.5. The van der Waals surface area contributed by atoms with Crippen molar-refractivity contribution in [1.29, 1.82) is 0 Å². The quantitative estimate of drug-likeness (QED) is 0.0273. The third-order valence-corrected chi connectivity index (χ3v) is 13.0. The van der Waals surface area contributed by atoms with Gasteiger partial charge >= 0.3 is 0 Å². The predicted molar refractivity (Wildman–Crippen MR) is 256 cm³/mol. The number of nitrogens with one attached hydrogen (secondary N) is 1. The molecular formula is C51H103N2O6P. The lowest BCUT2D eigenvalue weighted by molar-refractivity contribution is -0.870. The largest absolute Gasteiger partial charge is 0.756 e. The van der Waals surface area contributed by atoms with Gasteiger partial charge in [0.2, 0.25) is 5.91 Å². The minimum atomic E-state index is -4.58. The number of carbonyl (C=O) groups excluding carboxylic acids is 1. The Morgan fingerprint density at radius 2 is 0.900 bits per heavy atom. The summed E-state index contributed by atoms with van der Waals surface area (Å²) in [6, 6.07) is -0.879. The highest BCUT2D eigenvalue weighted by Crippen LogP contribution is 2.38. The van der Waals surface area contributed by atoms with Crippen molar-refractivity contribution in [2.24, 2.45) is 0 Å². The monoisotopic (exact) mass is 871 g/mol. The van der Waals surface area contributed by atoms with E-state index in [0.717, 1.165) is 38.5 Å². The highest BCUT2D eigenvalue weighted by Gasteiger charge is 2.23. The summed E-state index contributed by atoms with van der Waals surface area (Å²) in [6.07, 6.45) is 51.6. The van der Waals surface area contributed by atoms with E-state index in [1.165, 1.54) is 199 Å². The number of likely N-dealkylation sites (N-methyl/N-ethyl adjacent to an activating group) is 1. The van der Waals surface area contributed by atoms with Gasteiger partial charge < -0.3 is 28.8 Å². The van der Waals surface area contributed by atoms with Gasteiger partial charge in [-0.2, -0.15) is 0 Å². The molecule has 0 bridgehead atoms. The zero-order chi connectivity index (χ0) is 44.3. The molecule has 8 nitrogen and oxygen atoms in total. The first-order valence-corrected chi connectivity index (χ1v) is 27.5. The molecule has 3 atom stereocenters. The van der Waals surface area contributed by atoms with Crippen LogP contribution in [0.5, 0.6) is 0 Å². The number of phosphoric acid groups is 1. The van der Waals surface area contributed by atoms with Crippen molar-refractivity contribution in [3.05, 3.63) is 12.2 Å². The molecule has 0 aromatic rings. The second-order valence-corrected chi connectivity index (χ2v) is 20.7. The number of phosphoric ester groups is 1. The van der Waals surface area contributed by atoms with Gasteiger partial charge in [0.15, 0.2) is 0 Å². The van der Waals surface area contributed by atoms with Crippen molar-refractivity contribution in [2.75, 3.05) is 40.9 Å². The molecule has 0 aliphatic rings. The van der Waals surface area contributed by atoms with E-state index in [2.05, 4.69) is 19.2 Å². The Labute approximate surface area is 373 Å². The molecule has 0 saturated carbocycles. The number of nitrogens with zero attached hydrogens (tertiary/aromatic N) is 1. The maximum absolute atomic E-state index is 12.8. The third-order valence-electron chi connectivity index (χ3n) is 12.0. The molecule has 0 fully saturated rings. The molecular weight excluding hydrogens is 768 g/mol. The van der Waals surface area contributed by atoms with Crippen molar-refractivity contribution < 1.29 is 32.9 Å². The van der Waals surface area contributed by atoms with E-state index in [-0.39, 0.29) is 19.1 Å². The first-order valence-electron chi connectivity index (χ1n) is 26.1. The van der Waals surface area contributed by atoms with Crippen LogP contribution in [0.3, 0.4) is 0 Å². The van der Waals surface area contributed by atoms with Crippen molar-refractivity contribution in [2.45, 2.75) is 270 Å². The van der Waals surface area contributed by atoms with E-state index < -0.39 is 20.0 Å². The average Bonchev–Trinajstić information content (AvgIpc) is 3.20. The van der Waals surface area contributed by atoms with E-state index in [1.54, 1.807) is 6.08 Å². The number of carbonyl (C=O) groups is 1. The standard InChI is InChI=1S/C51H103N2O6P/c1-6-8-10-12-14-16-17-18-19-20-21-22-23-24-25-26-27-28-29-30-31-32-33-34-35-37-38-40-42-44-50(54)49(48-59-60(56,57)58-47-46-53(3,4)5)52-51(55)45-43-41-39-36-15-13-11-9-7-2/h42,44,49-50,54H,6-41,43,45-48H2,1-5H3,(H-,52,55,56,57)/b44-42+. The number of amides is 1. The first-order chi connectivity index (χ1) is 29.0. The molecule has 0 aliphatic carbocycles. The Kier molecular flexibility index (Phi) is 42.9. The number of allylic oxidation sites excluding steroid dienone is 1. The molecule has 1 amide bonds. The van der Waals surface area contributed by atoms with E-state index in [9.17, 15) is 19.4 Å². The Bertz CT molecular complexity index is 989. The van der Waals surface area contributed by atoms with Crippen LogP contribution >= 0.6 is 7.82 Å². The zero-order valence-electron chi connectivity index (χ0n) is 40.7. The van der Waals surface area contributed by atoms with Crippen LogP contribution in [0.25, 0.3) is 0 Å². The van der Waals surface area contributed by atoms with Gasteiger partial charge in [-0.3, -0.25) is 9.36 Å². The summed E-state index contributed by atoms with van der Waals surface area (Å²) in [6.45, 7) is 4.65. The molecule has 0 aliphatic heterocycles. The Hall–Kier alpha value is -0.760. The van der Waals surface area contributed by atoms with Gasteiger partial charge in [0.1, 0.15) is 13.2 Å². The van der Waals surface area contributed by atoms with Gasteiger partial charge in [0.25, 0.3) is 7.82 Å². The molecule has 9 heteroatoms. The maximum atomic E-state index is 12.8. The summed E-state index contributed by atoms with van der Waals surface area (Å²) >= 11 is 0. The SMILES string of the molecule is CCCCCCCCCCCCCCCCCCCCCCCCCCCCC/C=C/C(O)C(COP(=O)([O-])OCC[N+](C)(C)C)NC(=O)CCCCCCCCCCC. The lowest BCUT2D eigenvalue weighted by atomic mass is 10.0. The topological polar surface area (TPSA) is 108 Å². The molecule has 0 radical (unpaired) electrons. The number of quaternary nitrogens is 1. The fourth-order valence-corrected chi connectivity index (χ4v) is 8.58. The van der Waals surface area contributed by atoms with Crippen molar-refractivity contribution in [1.82, 2.24) is 5.32 Å². The van der Waals surface area contributed by atoms with Crippen LogP contribution in [0.15, 0.2) is 12.2 Å². The van der Waals surface area contributed by atoms with Crippen molar-refractivity contribution in [3.8, 4) is 0 Å². The Morgan fingerprint density at radius 1 is 0.567 bits per heavy atom. The molecule has 0 aromatic carbocycles. The number of hydrogen-bond acceptors (Lipinski definition) is 6. The molecule has 0 aromatic heterocycles. The summed E-state index contributed by atoms with van der Waals surface area (Å²) < 4.78 is 23.2. The van der Waals surface area contributed by atoms with E-state index in [0.29, 0.717) is 17.4 Å². The number of rotatable bonds is 48. The predicted octanol–water partition coefficient (Wildman–Crippen LogP) is 14.5. The highest BCUT2D eigenvalue weighted by molar-refractivity contribution is 7.45. The summed E-state index contributed by atoms with van der Waals surface area (Å²) in [5.74, 6) is -0.198. The van der Waals surface area contributed by atoms with E-state index >= 15 is 0 Å². The third kappa shape index (κ3) is 45.3. The fourth-order valence-electron chi connectivity index (χ4n) is 7.86. The Balaban J connectivity index is 4.04. The average molecular weight is 871 g/mol. The fraction of sp³-hybridized carbons (Fsp3) is 0.941. The van der Waals surface area contributed by atoms with Gasteiger partial charge in [-0.1, -0.05) is 244 Å². The number of hydrogen-bond donors (Lipinski definition) is 2. The van der Waals surface area contributed by atoms with Gasteiger partial charge in [0, 0.05) is 6.42 Å². The molecule has 0 rings (SSSR count). The number of aliphatic hydroxyl groups excluding tert-OH is 1. The van der Waals surface area contributed by atoms with Crippen molar-refractivity contribution in [3.63, 3.8) is 0 Å². The van der Waals surface area contributed by atoms with Crippen LogP contribution in [-0.4, -0.2) is 68.5 Å². The lowest BCUT2D eigenvalue weighted by Crippen LogP contribution is -2.45. The molecule has 0 saturated heterocycles. The maximum Gasteiger partial charge on any atom is 0.268 e. The molecule has 0 heterocycles.